The molecular weight excluding hydrogens is 218 g/mol. The van der Waals surface area contributed by atoms with Crippen LogP contribution in [0.4, 0.5) is 11.5 Å². The number of methoxy groups -OCH3 is 1. The Labute approximate surface area is 101 Å². The highest BCUT2D eigenvalue weighted by molar-refractivity contribution is 5.63. The molecule has 0 saturated heterocycles. The highest BCUT2D eigenvalue weighted by Crippen LogP contribution is 2.30. The molecule has 0 amide bonds. The van der Waals surface area contributed by atoms with Crippen molar-refractivity contribution in [2.75, 3.05) is 31.3 Å². The van der Waals surface area contributed by atoms with Gasteiger partial charge in [-0.15, -0.1) is 0 Å². The predicted molar refractivity (Wildman–Crippen MR) is 67.2 cm³/mol. The van der Waals surface area contributed by atoms with Crippen molar-refractivity contribution in [3.8, 4) is 5.88 Å². The summed E-state index contributed by atoms with van der Waals surface area (Å²) in [6.45, 7) is 0.863. The third-order valence-electron chi connectivity index (χ3n) is 3.19. The SMILES string of the molecule is COc1ccc(N)c(N(C)CC2CC(O)C2)n1. The van der Waals surface area contributed by atoms with Gasteiger partial charge in [0.1, 0.15) is 0 Å². The van der Waals surface area contributed by atoms with Gasteiger partial charge < -0.3 is 20.5 Å². The molecule has 0 bridgehead atoms. The Bertz CT molecular complexity index is 391. The van der Waals surface area contributed by atoms with Crippen molar-refractivity contribution in [3.63, 3.8) is 0 Å². The number of ether oxygens (including phenoxy) is 1. The molecule has 5 heteroatoms. The number of aliphatic hydroxyl groups is 1. The first-order chi connectivity index (χ1) is 8.10. The van der Waals surface area contributed by atoms with Gasteiger partial charge in [-0.2, -0.15) is 4.98 Å². The lowest BCUT2D eigenvalue weighted by Gasteiger charge is -2.35. The van der Waals surface area contributed by atoms with Crippen molar-refractivity contribution >= 4 is 11.5 Å². The van der Waals surface area contributed by atoms with Gasteiger partial charge in [-0.3, -0.25) is 0 Å². The van der Waals surface area contributed by atoms with E-state index in [1.165, 1.54) is 0 Å². The first-order valence-electron chi connectivity index (χ1n) is 5.80. The van der Waals surface area contributed by atoms with Crippen LogP contribution in [0, 0.1) is 5.92 Å². The minimum Gasteiger partial charge on any atom is -0.481 e. The van der Waals surface area contributed by atoms with Crippen molar-refractivity contribution in [1.82, 2.24) is 4.98 Å². The summed E-state index contributed by atoms with van der Waals surface area (Å²) in [4.78, 5) is 6.36. The van der Waals surface area contributed by atoms with Crippen LogP contribution in [-0.2, 0) is 0 Å². The van der Waals surface area contributed by atoms with Crippen LogP contribution in [0.15, 0.2) is 12.1 Å². The quantitative estimate of drug-likeness (QED) is 0.813. The summed E-state index contributed by atoms with van der Waals surface area (Å²) in [5.74, 6) is 1.84. The molecule has 0 aliphatic heterocycles. The number of nitrogens with two attached hydrogens (primary N) is 1. The summed E-state index contributed by atoms with van der Waals surface area (Å²) in [5.41, 5.74) is 6.54. The number of nitrogens with zero attached hydrogens (tertiary/aromatic N) is 2. The zero-order chi connectivity index (χ0) is 12.4. The van der Waals surface area contributed by atoms with E-state index in [-0.39, 0.29) is 6.10 Å². The van der Waals surface area contributed by atoms with Gasteiger partial charge in [0, 0.05) is 19.7 Å². The number of aliphatic hydroxyl groups excluding tert-OH is 1. The third-order valence-corrected chi connectivity index (χ3v) is 3.19. The zero-order valence-electron chi connectivity index (χ0n) is 10.3. The van der Waals surface area contributed by atoms with Gasteiger partial charge in [-0.1, -0.05) is 0 Å². The minimum absolute atomic E-state index is 0.121. The van der Waals surface area contributed by atoms with Gasteiger partial charge in [-0.05, 0) is 24.8 Å². The van der Waals surface area contributed by atoms with E-state index >= 15 is 0 Å². The largest absolute Gasteiger partial charge is 0.481 e. The van der Waals surface area contributed by atoms with Gasteiger partial charge >= 0.3 is 0 Å². The van der Waals surface area contributed by atoms with E-state index in [1.54, 1.807) is 19.2 Å². The normalized spacial score (nSPS) is 23.0. The molecule has 1 saturated carbocycles. The van der Waals surface area contributed by atoms with Crippen molar-refractivity contribution < 1.29 is 9.84 Å². The van der Waals surface area contributed by atoms with Crippen molar-refractivity contribution in [2.45, 2.75) is 18.9 Å². The predicted octanol–water partition coefficient (Wildman–Crippen LogP) is 0.880. The monoisotopic (exact) mass is 237 g/mol. The van der Waals surface area contributed by atoms with Crippen LogP contribution in [0.2, 0.25) is 0 Å². The van der Waals surface area contributed by atoms with Crippen molar-refractivity contribution in [1.29, 1.82) is 0 Å². The minimum atomic E-state index is -0.121. The topological polar surface area (TPSA) is 71.6 Å². The lowest BCUT2D eigenvalue weighted by atomic mass is 9.82. The van der Waals surface area contributed by atoms with Crippen LogP contribution < -0.4 is 15.4 Å². The van der Waals surface area contributed by atoms with Crippen LogP contribution in [0.5, 0.6) is 5.88 Å². The van der Waals surface area contributed by atoms with Crippen LogP contribution in [-0.4, -0.2) is 36.9 Å². The summed E-state index contributed by atoms with van der Waals surface area (Å²) in [6, 6.07) is 3.55. The molecule has 3 N–H and O–H groups in total. The number of aromatic nitrogens is 1. The maximum atomic E-state index is 9.26. The summed E-state index contributed by atoms with van der Waals surface area (Å²) in [7, 11) is 3.55. The Morgan fingerprint density at radius 1 is 1.53 bits per heavy atom. The lowest BCUT2D eigenvalue weighted by Crippen LogP contribution is -2.37. The van der Waals surface area contributed by atoms with Crippen molar-refractivity contribution in [2.24, 2.45) is 5.92 Å². The molecule has 0 atom stereocenters. The molecule has 1 aliphatic rings. The highest BCUT2D eigenvalue weighted by atomic mass is 16.5. The van der Waals surface area contributed by atoms with E-state index in [0.717, 1.165) is 25.2 Å². The fraction of sp³-hybridized carbons (Fsp3) is 0.583. The molecular formula is C12H19N3O2. The van der Waals surface area contributed by atoms with Crippen LogP contribution in [0.1, 0.15) is 12.8 Å². The maximum absolute atomic E-state index is 9.26. The number of rotatable bonds is 4. The number of pyridine rings is 1. The Hall–Kier alpha value is -1.49. The summed E-state index contributed by atoms with van der Waals surface area (Å²) in [5, 5.41) is 9.26. The Morgan fingerprint density at radius 3 is 2.82 bits per heavy atom. The molecule has 1 heterocycles. The molecule has 1 aromatic heterocycles. The van der Waals surface area contributed by atoms with Crippen LogP contribution in [0.25, 0.3) is 0 Å². The second-order valence-corrected chi connectivity index (χ2v) is 4.64. The first-order valence-corrected chi connectivity index (χ1v) is 5.80. The van der Waals surface area contributed by atoms with Gasteiger partial charge in [0.15, 0.2) is 5.82 Å². The molecule has 17 heavy (non-hydrogen) atoms. The molecule has 1 aromatic rings. The van der Waals surface area contributed by atoms with Gasteiger partial charge in [-0.25, -0.2) is 0 Å². The molecule has 1 fully saturated rings. The molecule has 0 spiro atoms. The number of hydrogen-bond acceptors (Lipinski definition) is 5. The Balaban J connectivity index is 2.04. The second kappa shape index (κ2) is 4.79. The lowest BCUT2D eigenvalue weighted by molar-refractivity contribution is 0.0464. The van der Waals surface area contributed by atoms with Gasteiger partial charge in [0.2, 0.25) is 5.88 Å². The summed E-state index contributed by atoms with van der Waals surface area (Å²) in [6.07, 6.45) is 1.62. The number of anilines is 2. The standard InChI is InChI=1S/C12H19N3O2/c1-15(7-8-5-9(16)6-8)12-10(13)3-4-11(14-12)17-2/h3-4,8-9,16H,5-7,13H2,1-2H3. The van der Waals surface area contributed by atoms with Crippen LogP contribution in [0.3, 0.4) is 0 Å². The average Bonchev–Trinajstić information content (AvgIpc) is 2.27. The van der Waals surface area contributed by atoms with E-state index in [0.29, 0.717) is 17.5 Å². The summed E-state index contributed by atoms with van der Waals surface area (Å²) >= 11 is 0. The Morgan fingerprint density at radius 2 is 2.24 bits per heavy atom. The highest BCUT2D eigenvalue weighted by Gasteiger charge is 2.28. The van der Waals surface area contributed by atoms with Gasteiger partial charge in [0.25, 0.3) is 0 Å². The number of hydrogen-bond donors (Lipinski definition) is 2. The fourth-order valence-corrected chi connectivity index (χ4v) is 2.18. The summed E-state index contributed by atoms with van der Waals surface area (Å²) < 4.78 is 5.09. The number of nitrogen functional groups attached to an aromatic ring is 1. The van der Waals surface area contributed by atoms with E-state index in [2.05, 4.69) is 4.98 Å². The second-order valence-electron chi connectivity index (χ2n) is 4.64. The van der Waals surface area contributed by atoms with Crippen molar-refractivity contribution in [3.05, 3.63) is 12.1 Å². The van der Waals surface area contributed by atoms with E-state index < -0.39 is 0 Å². The van der Waals surface area contributed by atoms with E-state index in [1.807, 2.05) is 11.9 Å². The first kappa shape index (κ1) is 12.0. The van der Waals surface area contributed by atoms with Gasteiger partial charge in [0.05, 0.1) is 18.9 Å². The molecule has 94 valence electrons. The average molecular weight is 237 g/mol. The molecule has 0 radical (unpaired) electrons. The van der Waals surface area contributed by atoms with E-state index in [4.69, 9.17) is 10.5 Å². The molecule has 1 aliphatic carbocycles. The maximum Gasteiger partial charge on any atom is 0.215 e. The fourth-order valence-electron chi connectivity index (χ4n) is 2.18. The molecule has 0 unspecified atom stereocenters. The van der Waals surface area contributed by atoms with Crippen LogP contribution >= 0.6 is 0 Å². The molecule has 5 nitrogen and oxygen atoms in total. The zero-order valence-corrected chi connectivity index (χ0v) is 10.3. The molecule has 2 rings (SSSR count). The van der Waals surface area contributed by atoms with E-state index in [9.17, 15) is 5.11 Å². The Kier molecular flexibility index (Phi) is 3.38. The molecule has 0 aromatic carbocycles. The third kappa shape index (κ3) is 2.61. The smallest absolute Gasteiger partial charge is 0.215 e.